The van der Waals surface area contributed by atoms with Crippen molar-refractivity contribution < 1.29 is 9.05 Å². The zero-order valence-electron chi connectivity index (χ0n) is 9.47. The Bertz CT molecular complexity index is 394. The minimum atomic E-state index is -2.04. The maximum atomic E-state index is 5.81. The quantitative estimate of drug-likeness (QED) is 0.673. The first kappa shape index (κ1) is 12.3. The van der Waals surface area contributed by atoms with Gasteiger partial charge in [0, 0.05) is 0 Å². The maximum absolute atomic E-state index is 5.81. The van der Waals surface area contributed by atoms with E-state index in [-0.39, 0.29) is 5.41 Å². The Morgan fingerprint density at radius 2 is 1.75 bits per heavy atom. The molecule has 1 heterocycles. The summed E-state index contributed by atoms with van der Waals surface area (Å²) in [6.45, 7) is 5.71. The molecule has 1 aromatic carbocycles. The van der Waals surface area contributed by atoms with E-state index in [9.17, 15) is 0 Å². The molecule has 3 nitrogen and oxygen atoms in total. The summed E-state index contributed by atoms with van der Waals surface area (Å²) in [6.07, 6.45) is -2.04. The molecule has 0 saturated carbocycles. The SMILES string of the molecule is CC1(C)COP(=[Se])(Nc2ccccc2)OC1. The fourth-order valence-electron chi connectivity index (χ4n) is 1.33. The standard InChI is InChI=1S/C11H16NO2PSe/c1-11(2)8-13-15(16,14-9-11)12-10-6-4-3-5-7-10/h3-7H,8-9H2,1-2H3,(H,12,16). The average Bonchev–Trinajstić information content (AvgIpc) is 2.25. The van der Waals surface area contributed by atoms with Crippen molar-refractivity contribution in [2.75, 3.05) is 18.3 Å². The van der Waals surface area contributed by atoms with Crippen LogP contribution in [0.5, 0.6) is 0 Å². The third-order valence-electron chi connectivity index (χ3n) is 2.29. The van der Waals surface area contributed by atoms with Crippen LogP contribution in [0.4, 0.5) is 5.69 Å². The van der Waals surface area contributed by atoms with E-state index in [1.54, 1.807) is 0 Å². The van der Waals surface area contributed by atoms with Crippen LogP contribution in [0.3, 0.4) is 0 Å². The Hall–Kier alpha value is -0.111. The topological polar surface area (TPSA) is 30.5 Å². The van der Waals surface area contributed by atoms with E-state index in [2.05, 4.69) is 34.0 Å². The van der Waals surface area contributed by atoms with Gasteiger partial charge in [0.2, 0.25) is 0 Å². The number of nitrogens with one attached hydrogen (secondary N) is 1. The fraction of sp³-hybridized carbons (Fsp3) is 0.455. The average molecular weight is 304 g/mol. The van der Waals surface area contributed by atoms with E-state index in [4.69, 9.17) is 9.05 Å². The number of anilines is 1. The van der Waals surface area contributed by atoms with Crippen LogP contribution < -0.4 is 5.09 Å². The van der Waals surface area contributed by atoms with Gasteiger partial charge in [0.25, 0.3) is 0 Å². The number of hydrogen-bond donors (Lipinski definition) is 1. The first-order valence-corrected chi connectivity index (χ1v) is 9.06. The number of benzene rings is 1. The van der Waals surface area contributed by atoms with Gasteiger partial charge in [-0.3, -0.25) is 0 Å². The molecule has 0 radical (unpaired) electrons. The van der Waals surface area contributed by atoms with Crippen molar-refractivity contribution in [1.29, 1.82) is 0 Å². The van der Waals surface area contributed by atoms with Crippen LogP contribution in [0.15, 0.2) is 30.3 Å². The second kappa shape index (κ2) is 4.64. The molecule has 0 spiro atoms. The summed E-state index contributed by atoms with van der Waals surface area (Å²) in [6, 6.07) is 9.98. The van der Waals surface area contributed by atoms with Crippen molar-refractivity contribution in [1.82, 2.24) is 0 Å². The second-order valence-electron chi connectivity index (χ2n) is 4.69. The molecule has 1 aliphatic heterocycles. The summed E-state index contributed by atoms with van der Waals surface area (Å²) in [7, 11) is 0. The molecule has 1 saturated heterocycles. The molecule has 0 amide bonds. The Morgan fingerprint density at radius 1 is 1.19 bits per heavy atom. The minimum absolute atomic E-state index is 0.103. The number of rotatable bonds is 2. The monoisotopic (exact) mass is 305 g/mol. The molecule has 0 aromatic heterocycles. The third kappa shape index (κ3) is 3.19. The van der Waals surface area contributed by atoms with Crippen LogP contribution >= 0.6 is 6.11 Å². The molecule has 0 unspecified atom stereocenters. The van der Waals surface area contributed by atoms with E-state index in [0.29, 0.717) is 13.2 Å². The van der Waals surface area contributed by atoms with E-state index in [0.717, 1.165) is 5.69 Å². The molecule has 5 heteroatoms. The molecular weight excluding hydrogens is 288 g/mol. The first-order valence-electron chi connectivity index (χ1n) is 5.22. The summed E-state index contributed by atoms with van der Waals surface area (Å²) in [5, 5.41) is 3.31. The summed E-state index contributed by atoms with van der Waals surface area (Å²) >= 11 is 3.03. The molecule has 1 fully saturated rings. The Kier molecular flexibility index (Phi) is 3.58. The van der Waals surface area contributed by atoms with Crippen molar-refractivity contribution in [3.63, 3.8) is 0 Å². The van der Waals surface area contributed by atoms with Gasteiger partial charge in [0.1, 0.15) is 0 Å². The van der Waals surface area contributed by atoms with Gasteiger partial charge in [0.15, 0.2) is 0 Å². The van der Waals surface area contributed by atoms with E-state index in [1.165, 1.54) is 0 Å². The molecular formula is C11H16NO2PSe. The molecule has 0 aliphatic carbocycles. The Balaban J connectivity index is 2.03. The van der Waals surface area contributed by atoms with Gasteiger partial charge >= 0.3 is 104 Å². The van der Waals surface area contributed by atoms with Crippen LogP contribution in [-0.2, 0) is 9.05 Å². The molecule has 1 N–H and O–H groups in total. The van der Waals surface area contributed by atoms with Gasteiger partial charge in [-0.2, -0.15) is 0 Å². The molecule has 0 bridgehead atoms. The molecule has 16 heavy (non-hydrogen) atoms. The first-order chi connectivity index (χ1) is 7.49. The van der Waals surface area contributed by atoms with Crippen molar-refractivity contribution in [2.45, 2.75) is 13.8 Å². The van der Waals surface area contributed by atoms with Gasteiger partial charge in [-0.1, -0.05) is 0 Å². The van der Waals surface area contributed by atoms with Crippen molar-refractivity contribution in [2.24, 2.45) is 5.41 Å². The fourth-order valence-corrected chi connectivity index (χ4v) is 4.37. The zero-order chi connectivity index (χ0) is 11.6. The zero-order valence-corrected chi connectivity index (χ0v) is 12.1. The second-order valence-corrected chi connectivity index (χ2v) is 9.45. The van der Waals surface area contributed by atoms with Crippen molar-refractivity contribution in [3.05, 3.63) is 30.3 Å². The van der Waals surface area contributed by atoms with Gasteiger partial charge in [-0.05, 0) is 0 Å². The Morgan fingerprint density at radius 3 is 2.31 bits per heavy atom. The number of hydrogen-bond acceptors (Lipinski definition) is 3. The number of para-hydroxylation sites is 1. The normalized spacial score (nSPS) is 22.6. The van der Waals surface area contributed by atoms with Gasteiger partial charge in [0.05, 0.1) is 0 Å². The van der Waals surface area contributed by atoms with Gasteiger partial charge < -0.3 is 0 Å². The van der Waals surface area contributed by atoms with Crippen LogP contribution in [0, 0.1) is 5.41 Å². The molecule has 2 rings (SSSR count). The summed E-state index contributed by atoms with van der Waals surface area (Å²) in [4.78, 5) is 0. The predicted octanol–water partition coefficient (Wildman–Crippen LogP) is 3.02. The third-order valence-corrected chi connectivity index (χ3v) is 5.66. The molecule has 0 atom stereocenters. The van der Waals surface area contributed by atoms with Crippen LogP contribution in [-0.4, -0.2) is 28.3 Å². The van der Waals surface area contributed by atoms with E-state index < -0.39 is 6.11 Å². The summed E-state index contributed by atoms with van der Waals surface area (Å²) in [5.41, 5.74) is 1.13. The predicted molar refractivity (Wildman–Crippen MR) is 68.4 cm³/mol. The van der Waals surface area contributed by atoms with Gasteiger partial charge in [-0.25, -0.2) is 0 Å². The Labute approximate surface area is 104 Å². The van der Waals surface area contributed by atoms with Gasteiger partial charge in [-0.15, -0.1) is 0 Å². The molecule has 88 valence electrons. The molecule has 1 aromatic rings. The van der Waals surface area contributed by atoms with Crippen LogP contribution in [0.1, 0.15) is 13.8 Å². The van der Waals surface area contributed by atoms with E-state index in [1.807, 2.05) is 30.3 Å². The summed E-state index contributed by atoms with van der Waals surface area (Å²) in [5.74, 6) is 0. The van der Waals surface area contributed by atoms with Crippen LogP contribution in [0.2, 0.25) is 0 Å². The van der Waals surface area contributed by atoms with Crippen molar-refractivity contribution in [3.8, 4) is 0 Å². The van der Waals surface area contributed by atoms with Crippen LogP contribution in [0.25, 0.3) is 0 Å². The summed E-state index contributed by atoms with van der Waals surface area (Å²) < 4.78 is 11.6. The van der Waals surface area contributed by atoms with E-state index >= 15 is 0 Å². The molecule has 1 aliphatic rings. The van der Waals surface area contributed by atoms with Crippen molar-refractivity contribution >= 4 is 26.9 Å².